The molecule has 112 valence electrons. The van der Waals surface area contributed by atoms with E-state index in [0.29, 0.717) is 0 Å². The van der Waals surface area contributed by atoms with Gasteiger partial charge in [-0.1, -0.05) is 45.4 Å². The van der Waals surface area contributed by atoms with E-state index in [-0.39, 0.29) is 0 Å². The first-order valence-corrected chi connectivity index (χ1v) is 7.37. The van der Waals surface area contributed by atoms with E-state index < -0.39 is 0 Å². The molecule has 2 aromatic rings. The van der Waals surface area contributed by atoms with Crippen LogP contribution in [0.2, 0.25) is 0 Å². The van der Waals surface area contributed by atoms with Gasteiger partial charge in [0, 0.05) is 36.1 Å². The third-order valence-corrected chi connectivity index (χ3v) is 4.50. The molecule has 0 atom stereocenters. The van der Waals surface area contributed by atoms with Crippen molar-refractivity contribution in [3.63, 3.8) is 0 Å². The van der Waals surface area contributed by atoms with E-state index in [1.807, 2.05) is 36.0 Å². The molecule has 3 rings (SSSR count). The molecule has 1 aromatic heterocycles. The molecule has 0 radical (unpaired) electrons. The van der Waals surface area contributed by atoms with Gasteiger partial charge in [-0.25, -0.2) is 4.98 Å². The third-order valence-electron chi connectivity index (χ3n) is 4.50. The number of anilines is 1. The summed E-state index contributed by atoms with van der Waals surface area (Å²) in [6, 6.07) is 4.02. The quantitative estimate of drug-likeness (QED) is 0.804. The molecule has 1 aromatic carbocycles. The summed E-state index contributed by atoms with van der Waals surface area (Å²) in [5, 5.41) is 4.16. The molecule has 1 aliphatic heterocycles. The standard InChI is InChI=1S/C19H21N3/c1-8-15-16-11(2)9-10-12(3)17(16)18-13(4)21(6)14(5)22(7)19(18)20-15/h9-10H,2-5,8H2,1,6-7H3. The lowest BCUT2D eigenvalue weighted by Gasteiger charge is -2.38. The lowest BCUT2D eigenvalue weighted by molar-refractivity contribution is 0.564. The maximum atomic E-state index is 4.89. The number of pyridine rings is 1. The van der Waals surface area contributed by atoms with Crippen molar-refractivity contribution in [2.45, 2.75) is 13.3 Å². The van der Waals surface area contributed by atoms with Crippen LogP contribution in [-0.2, 0) is 6.42 Å². The topological polar surface area (TPSA) is 19.4 Å². The number of rotatable bonds is 1. The average Bonchev–Trinajstić information content (AvgIpc) is 2.52. The Labute approximate surface area is 131 Å². The summed E-state index contributed by atoms with van der Waals surface area (Å²) in [5.41, 5.74) is 2.97. The Morgan fingerprint density at radius 1 is 0.955 bits per heavy atom. The van der Waals surface area contributed by atoms with E-state index >= 15 is 0 Å². The summed E-state index contributed by atoms with van der Waals surface area (Å²) in [4.78, 5) is 8.89. The van der Waals surface area contributed by atoms with Gasteiger partial charge >= 0.3 is 0 Å². The highest BCUT2D eigenvalue weighted by Gasteiger charge is 2.28. The Balaban J connectivity index is 2.60. The van der Waals surface area contributed by atoms with Gasteiger partial charge in [-0.05, 0) is 16.9 Å². The molecule has 0 bridgehead atoms. The zero-order chi connectivity index (χ0) is 16.2. The van der Waals surface area contributed by atoms with Gasteiger partial charge < -0.3 is 9.80 Å². The SMILES string of the molecule is C=C1c2c(nc(CC)c3c(=C)ccc(=C)c23)N(C)C(=C)N1C. The minimum atomic E-state index is 0.846. The van der Waals surface area contributed by atoms with Crippen LogP contribution in [-0.4, -0.2) is 24.0 Å². The lowest BCUT2D eigenvalue weighted by Crippen LogP contribution is -2.35. The van der Waals surface area contributed by atoms with Crippen LogP contribution in [0.1, 0.15) is 18.2 Å². The normalized spacial score (nSPS) is 14.7. The summed E-state index contributed by atoms with van der Waals surface area (Å²) in [6.45, 7) is 18.9. The molecular formula is C19H21N3. The van der Waals surface area contributed by atoms with Crippen molar-refractivity contribution in [2.24, 2.45) is 0 Å². The summed E-state index contributed by atoms with van der Waals surface area (Å²) in [7, 11) is 3.96. The van der Waals surface area contributed by atoms with Crippen LogP contribution < -0.4 is 15.3 Å². The van der Waals surface area contributed by atoms with Gasteiger partial charge in [0.25, 0.3) is 0 Å². The highest BCUT2D eigenvalue weighted by molar-refractivity contribution is 6.00. The highest BCUT2D eigenvalue weighted by Crippen LogP contribution is 2.38. The number of fused-ring (bicyclic) bond motifs is 3. The predicted molar refractivity (Wildman–Crippen MR) is 95.8 cm³/mol. The molecule has 0 aliphatic carbocycles. The molecule has 22 heavy (non-hydrogen) atoms. The van der Waals surface area contributed by atoms with Crippen LogP contribution in [0.3, 0.4) is 0 Å². The van der Waals surface area contributed by atoms with Gasteiger partial charge in [-0.2, -0.15) is 0 Å². The second-order valence-electron chi connectivity index (χ2n) is 5.73. The van der Waals surface area contributed by atoms with Gasteiger partial charge in [-0.3, -0.25) is 0 Å². The molecule has 2 heterocycles. The van der Waals surface area contributed by atoms with Crippen LogP contribution in [0.4, 0.5) is 5.82 Å². The van der Waals surface area contributed by atoms with Crippen LogP contribution >= 0.6 is 0 Å². The van der Waals surface area contributed by atoms with E-state index in [4.69, 9.17) is 4.98 Å². The summed E-state index contributed by atoms with van der Waals surface area (Å²) in [5.74, 6) is 1.76. The van der Waals surface area contributed by atoms with E-state index in [2.05, 4.69) is 33.2 Å². The Morgan fingerprint density at radius 2 is 1.55 bits per heavy atom. The number of nitrogens with zero attached hydrogens (tertiary/aromatic N) is 3. The molecule has 1 aliphatic rings. The first-order valence-electron chi connectivity index (χ1n) is 7.37. The number of hydrogen-bond acceptors (Lipinski definition) is 3. The Kier molecular flexibility index (Phi) is 3.10. The van der Waals surface area contributed by atoms with Gasteiger partial charge in [0.05, 0.1) is 5.69 Å². The molecule has 0 saturated heterocycles. The average molecular weight is 291 g/mol. The number of benzene rings is 1. The van der Waals surface area contributed by atoms with E-state index in [0.717, 1.165) is 56.2 Å². The summed E-state index contributed by atoms with van der Waals surface area (Å²) >= 11 is 0. The largest absolute Gasteiger partial charge is 0.331 e. The fourth-order valence-electron chi connectivity index (χ4n) is 3.10. The fraction of sp³-hybridized carbons (Fsp3) is 0.211. The van der Waals surface area contributed by atoms with Crippen LogP contribution in [0, 0.1) is 0 Å². The monoisotopic (exact) mass is 291 g/mol. The van der Waals surface area contributed by atoms with Crippen LogP contribution in [0.5, 0.6) is 0 Å². The Morgan fingerprint density at radius 3 is 2.14 bits per heavy atom. The first kappa shape index (κ1) is 14.4. The minimum absolute atomic E-state index is 0.846. The molecule has 0 amide bonds. The van der Waals surface area contributed by atoms with Crippen molar-refractivity contribution < 1.29 is 0 Å². The van der Waals surface area contributed by atoms with E-state index in [1.165, 1.54) is 0 Å². The van der Waals surface area contributed by atoms with Crippen molar-refractivity contribution in [3.05, 3.63) is 52.8 Å². The first-order chi connectivity index (χ1) is 10.4. The second kappa shape index (κ2) is 4.73. The third kappa shape index (κ3) is 1.72. The molecule has 3 heteroatoms. The van der Waals surface area contributed by atoms with Crippen molar-refractivity contribution in [2.75, 3.05) is 19.0 Å². The van der Waals surface area contributed by atoms with Gasteiger partial charge in [0.2, 0.25) is 0 Å². The van der Waals surface area contributed by atoms with Crippen molar-refractivity contribution in [3.8, 4) is 0 Å². The molecule has 0 fully saturated rings. The molecule has 0 spiro atoms. The van der Waals surface area contributed by atoms with E-state index in [9.17, 15) is 0 Å². The second-order valence-corrected chi connectivity index (χ2v) is 5.73. The van der Waals surface area contributed by atoms with Crippen molar-refractivity contribution in [1.29, 1.82) is 0 Å². The predicted octanol–water partition coefficient (Wildman–Crippen LogP) is 2.44. The minimum Gasteiger partial charge on any atom is -0.331 e. The zero-order valence-corrected chi connectivity index (χ0v) is 13.5. The number of aromatic nitrogens is 1. The zero-order valence-electron chi connectivity index (χ0n) is 13.5. The van der Waals surface area contributed by atoms with Crippen LogP contribution in [0.15, 0.2) is 31.1 Å². The summed E-state index contributed by atoms with van der Waals surface area (Å²) in [6.07, 6.45) is 0.846. The van der Waals surface area contributed by atoms with Crippen LogP contribution in [0.25, 0.3) is 29.6 Å². The Hall–Kier alpha value is -2.55. The molecular weight excluding hydrogens is 270 g/mol. The highest BCUT2D eigenvalue weighted by atomic mass is 15.4. The van der Waals surface area contributed by atoms with Crippen molar-refractivity contribution >= 4 is 35.4 Å². The van der Waals surface area contributed by atoms with E-state index in [1.54, 1.807) is 0 Å². The maximum Gasteiger partial charge on any atom is 0.144 e. The van der Waals surface area contributed by atoms with Gasteiger partial charge in [0.1, 0.15) is 11.6 Å². The smallest absolute Gasteiger partial charge is 0.144 e. The number of hydrogen-bond donors (Lipinski definition) is 0. The van der Waals surface area contributed by atoms with Gasteiger partial charge in [0.15, 0.2) is 0 Å². The fourth-order valence-corrected chi connectivity index (χ4v) is 3.10. The summed E-state index contributed by atoms with van der Waals surface area (Å²) < 4.78 is 0. The lowest BCUT2D eigenvalue weighted by atomic mass is 9.96. The molecule has 3 nitrogen and oxygen atoms in total. The number of aryl methyl sites for hydroxylation is 1. The van der Waals surface area contributed by atoms with Crippen molar-refractivity contribution in [1.82, 2.24) is 9.88 Å². The molecule has 0 unspecified atom stereocenters. The molecule has 0 saturated carbocycles. The van der Waals surface area contributed by atoms with Gasteiger partial charge in [-0.15, -0.1) is 0 Å². The maximum absolute atomic E-state index is 4.89. The molecule has 0 N–H and O–H groups in total. The Bertz CT molecular complexity index is 924.